The van der Waals surface area contributed by atoms with Gasteiger partial charge >= 0.3 is 0 Å². The molecule has 0 fully saturated rings. The standard InChI is InChI=1S/C29H24N4O2/c1-18-7-5-6-10-23(18)28(34)32-22-14-12-21(13-15-22)31-27(19-8-3-2-4-9-19)26-24-17-20(30)11-16-25(24)33-29(26)35/h2-17,33,35H,30H2,1H3,(H,32,34). The fourth-order valence-corrected chi connectivity index (χ4v) is 4.07. The van der Waals surface area contributed by atoms with Gasteiger partial charge in [-0.25, -0.2) is 4.99 Å². The number of H-pyrrole nitrogens is 1. The molecule has 0 spiro atoms. The first-order chi connectivity index (χ1) is 17.0. The van der Waals surface area contributed by atoms with E-state index in [1.807, 2.05) is 91.9 Å². The van der Waals surface area contributed by atoms with Crippen LogP contribution in [0.25, 0.3) is 10.9 Å². The van der Waals surface area contributed by atoms with Gasteiger partial charge in [-0.15, -0.1) is 0 Å². The van der Waals surface area contributed by atoms with Crippen LogP contribution < -0.4 is 11.1 Å². The molecule has 1 aromatic heterocycles. The molecular weight excluding hydrogens is 436 g/mol. The Hall–Kier alpha value is -4.84. The SMILES string of the molecule is Cc1ccccc1C(=O)Nc1ccc(N=C(c2ccccc2)c2c(O)[nH]c3ccc(N)cc23)cc1. The average Bonchev–Trinajstić information content (AvgIpc) is 3.19. The van der Waals surface area contributed by atoms with Gasteiger partial charge in [0.2, 0.25) is 0 Å². The second kappa shape index (κ2) is 9.19. The number of nitrogens with zero attached hydrogens (tertiary/aromatic N) is 1. The van der Waals surface area contributed by atoms with Crippen LogP contribution in [0.5, 0.6) is 5.88 Å². The second-order valence-corrected chi connectivity index (χ2v) is 8.30. The van der Waals surface area contributed by atoms with Crippen molar-refractivity contribution < 1.29 is 9.90 Å². The Bertz CT molecular complexity index is 1550. The van der Waals surface area contributed by atoms with Crippen LogP contribution in [-0.2, 0) is 0 Å². The molecule has 5 N–H and O–H groups in total. The molecule has 0 saturated heterocycles. The number of hydrogen-bond donors (Lipinski definition) is 4. The van der Waals surface area contributed by atoms with E-state index in [0.29, 0.717) is 33.9 Å². The number of aromatic nitrogens is 1. The van der Waals surface area contributed by atoms with Gasteiger partial charge in [-0.05, 0) is 61.0 Å². The minimum atomic E-state index is -0.161. The van der Waals surface area contributed by atoms with Crippen LogP contribution in [0, 0.1) is 6.92 Å². The van der Waals surface area contributed by atoms with Crippen molar-refractivity contribution in [2.45, 2.75) is 6.92 Å². The van der Waals surface area contributed by atoms with Crippen LogP contribution in [0.4, 0.5) is 17.1 Å². The lowest BCUT2D eigenvalue weighted by Crippen LogP contribution is -2.13. The van der Waals surface area contributed by atoms with Crippen molar-refractivity contribution in [2.75, 3.05) is 11.1 Å². The van der Waals surface area contributed by atoms with Crippen LogP contribution in [0.2, 0.25) is 0 Å². The third kappa shape index (κ3) is 4.50. The molecule has 35 heavy (non-hydrogen) atoms. The average molecular weight is 461 g/mol. The van der Waals surface area contributed by atoms with Gasteiger partial charge in [0.15, 0.2) is 5.88 Å². The van der Waals surface area contributed by atoms with Gasteiger partial charge < -0.3 is 21.1 Å². The molecule has 0 radical (unpaired) electrons. The number of aromatic amines is 1. The van der Waals surface area contributed by atoms with E-state index in [1.54, 1.807) is 12.1 Å². The van der Waals surface area contributed by atoms with E-state index in [0.717, 1.165) is 22.0 Å². The summed E-state index contributed by atoms with van der Waals surface area (Å²) in [6.45, 7) is 1.91. The Morgan fingerprint density at radius 3 is 2.37 bits per heavy atom. The maximum atomic E-state index is 12.6. The molecule has 0 aliphatic rings. The zero-order valence-corrected chi connectivity index (χ0v) is 19.1. The van der Waals surface area contributed by atoms with Crippen molar-refractivity contribution >= 4 is 39.6 Å². The lowest BCUT2D eigenvalue weighted by molar-refractivity contribution is 0.102. The summed E-state index contributed by atoms with van der Waals surface area (Å²) >= 11 is 0. The quantitative estimate of drug-likeness (QED) is 0.186. The Balaban J connectivity index is 1.52. The van der Waals surface area contributed by atoms with Gasteiger partial charge in [-0.2, -0.15) is 0 Å². The summed E-state index contributed by atoms with van der Waals surface area (Å²) in [4.78, 5) is 20.5. The zero-order chi connectivity index (χ0) is 24.4. The number of carbonyl (C=O) groups excluding carboxylic acids is 1. The summed E-state index contributed by atoms with van der Waals surface area (Å²) in [6.07, 6.45) is 0. The minimum Gasteiger partial charge on any atom is -0.494 e. The molecule has 1 amide bonds. The number of aryl methyl sites for hydroxylation is 1. The van der Waals surface area contributed by atoms with E-state index >= 15 is 0 Å². The molecule has 6 heteroatoms. The van der Waals surface area contributed by atoms with Crippen LogP contribution in [0.1, 0.15) is 27.0 Å². The highest BCUT2D eigenvalue weighted by molar-refractivity contribution is 6.22. The molecular formula is C29H24N4O2. The lowest BCUT2D eigenvalue weighted by Gasteiger charge is -2.10. The normalized spacial score (nSPS) is 11.5. The Morgan fingerprint density at radius 2 is 1.63 bits per heavy atom. The molecule has 172 valence electrons. The fourth-order valence-electron chi connectivity index (χ4n) is 4.07. The van der Waals surface area contributed by atoms with Gasteiger partial charge in [0.05, 0.1) is 17.0 Å². The fraction of sp³-hybridized carbons (Fsp3) is 0.0345. The van der Waals surface area contributed by atoms with Crippen molar-refractivity contribution in [3.8, 4) is 5.88 Å². The Kier molecular flexibility index (Phi) is 5.77. The number of carbonyl (C=O) groups is 1. The number of rotatable bonds is 5. The molecule has 0 bridgehead atoms. The number of benzene rings is 4. The van der Waals surface area contributed by atoms with Gasteiger partial charge in [0, 0.05) is 33.4 Å². The maximum Gasteiger partial charge on any atom is 0.255 e. The van der Waals surface area contributed by atoms with E-state index in [2.05, 4.69) is 10.3 Å². The van der Waals surface area contributed by atoms with Crippen molar-refractivity contribution in [2.24, 2.45) is 4.99 Å². The molecule has 6 nitrogen and oxygen atoms in total. The number of aromatic hydroxyl groups is 1. The predicted molar refractivity (Wildman–Crippen MR) is 142 cm³/mol. The molecule has 4 aromatic carbocycles. The first-order valence-electron chi connectivity index (χ1n) is 11.2. The third-order valence-corrected chi connectivity index (χ3v) is 5.84. The number of aliphatic imine (C=N–C) groups is 1. The summed E-state index contributed by atoms with van der Waals surface area (Å²) in [6, 6.07) is 29.9. The number of nitrogens with two attached hydrogens (primary N) is 1. The van der Waals surface area contributed by atoms with Crippen LogP contribution in [0.3, 0.4) is 0 Å². The van der Waals surface area contributed by atoms with Gasteiger partial charge in [0.1, 0.15) is 0 Å². The van der Waals surface area contributed by atoms with Crippen LogP contribution in [0.15, 0.2) is 102 Å². The van der Waals surface area contributed by atoms with Crippen LogP contribution in [-0.4, -0.2) is 21.7 Å². The largest absolute Gasteiger partial charge is 0.494 e. The van der Waals surface area contributed by atoms with E-state index in [4.69, 9.17) is 10.7 Å². The predicted octanol–water partition coefficient (Wildman–Crippen LogP) is 6.19. The highest BCUT2D eigenvalue weighted by atomic mass is 16.3. The Morgan fingerprint density at radius 1 is 0.914 bits per heavy atom. The minimum absolute atomic E-state index is 0.0234. The smallest absolute Gasteiger partial charge is 0.255 e. The lowest BCUT2D eigenvalue weighted by atomic mass is 10.0. The summed E-state index contributed by atoms with van der Waals surface area (Å²) in [7, 11) is 0. The summed E-state index contributed by atoms with van der Waals surface area (Å²) in [5, 5.41) is 14.5. The molecule has 0 aliphatic carbocycles. The highest BCUT2D eigenvalue weighted by Crippen LogP contribution is 2.32. The number of nitrogen functional groups attached to an aromatic ring is 1. The monoisotopic (exact) mass is 460 g/mol. The molecule has 1 heterocycles. The van der Waals surface area contributed by atoms with E-state index in [9.17, 15) is 9.90 Å². The van der Waals surface area contributed by atoms with E-state index in [1.165, 1.54) is 0 Å². The van der Waals surface area contributed by atoms with E-state index in [-0.39, 0.29) is 11.8 Å². The third-order valence-electron chi connectivity index (χ3n) is 5.84. The van der Waals surface area contributed by atoms with Gasteiger partial charge in [-0.1, -0.05) is 48.5 Å². The molecule has 0 atom stereocenters. The first kappa shape index (κ1) is 22.0. The topological polar surface area (TPSA) is 103 Å². The number of nitrogens with one attached hydrogen (secondary N) is 2. The van der Waals surface area contributed by atoms with E-state index < -0.39 is 0 Å². The number of amides is 1. The van der Waals surface area contributed by atoms with Gasteiger partial charge in [-0.3, -0.25) is 4.79 Å². The van der Waals surface area contributed by atoms with Crippen molar-refractivity contribution in [3.63, 3.8) is 0 Å². The number of anilines is 2. The van der Waals surface area contributed by atoms with Crippen LogP contribution >= 0.6 is 0 Å². The van der Waals surface area contributed by atoms with Crippen molar-refractivity contribution in [3.05, 3.63) is 119 Å². The summed E-state index contributed by atoms with van der Waals surface area (Å²) in [5.41, 5.74) is 12.3. The summed E-state index contributed by atoms with van der Waals surface area (Å²) < 4.78 is 0. The molecule has 0 saturated carbocycles. The second-order valence-electron chi connectivity index (χ2n) is 8.30. The summed E-state index contributed by atoms with van der Waals surface area (Å²) in [5.74, 6) is -0.138. The maximum absolute atomic E-state index is 12.6. The molecule has 0 aliphatic heterocycles. The molecule has 0 unspecified atom stereocenters. The zero-order valence-electron chi connectivity index (χ0n) is 19.1. The van der Waals surface area contributed by atoms with Gasteiger partial charge in [0.25, 0.3) is 5.91 Å². The molecule has 5 aromatic rings. The van der Waals surface area contributed by atoms with Crippen molar-refractivity contribution in [1.29, 1.82) is 0 Å². The highest BCUT2D eigenvalue weighted by Gasteiger charge is 2.19. The number of hydrogen-bond acceptors (Lipinski definition) is 4. The number of fused-ring (bicyclic) bond motifs is 1. The first-order valence-corrected chi connectivity index (χ1v) is 11.2. The molecule has 5 rings (SSSR count). The van der Waals surface area contributed by atoms with Crippen molar-refractivity contribution in [1.82, 2.24) is 4.98 Å². The Labute approximate surface area is 202 Å².